The second-order valence-corrected chi connectivity index (χ2v) is 10.3. The number of rotatable bonds is 9. The lowest BCUT2D eigenvalue weighted by atomic mass is 9.95. The van der Waals surface area contributed by atoms with Gasteiger partial charge in [0.15, 0.2) is 16.3 Å². The van der Waals surface area contributed by atoms with Crippen LogP contribution in [0.5, 0.6) is 17.2 Å². The molecule has 4 aromatic rings. The summed E-state index contributed by atoms with van der Waals surface area (Å²) < 4.78 is 24.3. The van der Waals surface area contributed by atoms with Gasteiger partial charge in [0.05, 0.1) is 42.7 Å². The molecule has 0 unspecified atom stereocenters. The lowest BCUT2D eigenvalue weighted by Gasteiger charge is -2.25. The highest BCUT2D eigenvalue weighted by molar-refractivity contribution is 7.07. The van der Waals surface area contributed by atoms with E-state index in [0.717, 1.165) is 11.1 Å². The maximum atomic E-state index is 13.9. The molecule has 3 aromatic carbocycles. The highest BCUT2D eigenvalue weighted by Crippen LogP contribution is 2.36. The van der Waals surface area contributed by atoms with Crippen LogP contribution in [0, 0.1) is 0 Å². The highest BCUT2D eigenvalue weighted by Gasteiger charge is 2.33. The first-order valence-electron chi connectivity index (χ1n) is 13.1. The number of aromatic nitrogens is 1. The fourth-order valence-electron chi connectivity index (χ4n) is 4.72. The summed E-state index contributed by atoms with van der Waals surface area (Å²) in [5.41, 5.74) is 3.07. The monoisotopic (exact) mass is 570 g/mol. The summed E-state index contributed by atoms with van der Waals surface area (Å²) in [5, 5.41) is 0. The van der Waals surface area contributed by atoms with Crippen LogP contribution in [-0.4, -0.2) is 31.4 Å². The normalized spacial score (nSPS) is 14.7. The molecule has 0 radical (unpaired) electrons. The smallest absolute Gasteiger partial charge is 0.338 e. The number of methoxy groups -OCH3 is 2. The number of esters is 1. The molecule has 0 N–H and O–H groups in total. The third-order valence-electron chi connectivity index (χ3n) is 6.64. The van der Waals surface area contributed by atoms with Gasteiger partial charge in [0.2, 0.25) is 0 Å². The van der Waals surface area contributed by atoms with Gasteiger partial charge in [-0.25, -0.2) is 9.79 Å². The van der Waals surface area contributed by atoms with Crippen LogP contribution in [0.15, 0.2) is 93.9 Å². The average Bonchev–Trinajstić information content (AvgIpc) is 3.29. The summed E-state index contributed by atoms with van der Waals surface area (Å²) in [6.07, 6.45) is 1.81. The molecule has 210 valence electrons. The number of allylic oxidation sites excluding steroid dienone is 1. The van der Waals surface area contributed by atoms with Crippen LogP contribution in [0.4, 0.5) is 0 Å². The first-order chi connectivity index (χ1) is 19.9. The maximum absolute atomic E-state index is 13.9. The molecule has 5 rings (SSSR count). The molecular formula is C32H30N2O6S. The minimum atomic E-state index is -0.757. The van der Waals surface area contributed by atoms with Crippen LogP contribution in [-0.2, 0) is 16.1 Å². The van der Waals surface area contributed by atoms with Crippen molar-refractivity contribution in [2.75, 3.05) is 20.8 Å². The zero-order chi connectivity index (χ0) is 28.9. The Hall–Kier alpha value is -4.63. The number of fused-ring (bicyclic) bond motifs is 1. The van der Waals surface area contributed by atoms with E-state index >= 15 is 0 Å². The predicted molar refractivity (Wildman–Crippen MR) is 157 cm³/mol. The molecule has 0 bridgehead atoms. The standard InChI is InChI=1S/C32H30N2O6S/c1-5-39-31(36)28-20(2)33-32-34(29(28)23-14-15-25(37-3)26(18-23)38-4)30(35)27(41-32)17-22-12-9-13-24(16-22)40-19-21-10-7-6-8-11-21/h6-18,29H,5,19H2,1-4H3/b27-17-/t29-/m0/s1. The third kappa shape index (κ3) is 5.81. The first-order valence-corrected chi connectivity index (χ1v) is 13.9. The largest absolute Gasteiger partial charge is 0.493 e. The van der Waals surface area contributed by atoms with Crippen molar-refractivity contribution in [1.82, 2.24) is 4.57 Å². The van der Waals surface area contributed by atoms with Crippen molar-refractivity contribution < 1.29 is 23.7 Å². The Balaban J connectivity index is 1.58. The number of nitrogens with zero attached hydrogens (tertiary/aromatic N) is 2. The van der Waals surface area contributed by atoms with Crippen molar-refractivity contribution in [3.63, 3.8) is 0 Å². The quantitative estimate of drug-likeness (QED) is 0.277. The second kappa shape index (κ2) is 12.3. The Bertz CT molecular complexity index is 1790. The van der Waals surface area contributed by atoms with Gasteiger partial charge in [0.25, 0.3) is 5.56 Å². The van der Waals surface area contributed by atoms with Gasteiger partial charge in [-0.1, -0.05) is 59.9 Å². The molecule has 8 nitrogen and oxygen atoms in total. The van der Waals surface area contributed by atoms with Gasteiger partial charge < -0.3 is 18.9 Å². The van der Waals surface area contributed by atoms with Gasteiger partial charge in [-0.15, -0.1) is 0 Å². The summed E-state index contributed by atoms with van der Waals surface area (Å²) in [6, 6.07) is 22.1. The van der Waals surface area contributed by atoms with E-state index in [-0.39, 0.29) is 12.2 Å². The van der Waals surface area contributed by atoms with E-state index in [1.807, 2.05) is 66.7 Å². The average molecular weight is 571 g/mol. The van der Waals surface area contributed by atoms with Crippen molar-refractivity contribution in [2.45, 2.75) is 26.5 Å². The molecule has 0 amide bonds. The van der Waals surface area contributed by atoms with Crippen LogP contribution in [0.25, 0.3) is 6.08 Å². The van der Waals surface area contributed by atoms with E-state index in [0.29, 0.717) is 50.0 Å². The van der Waals surface area contributed by atoms with Gasteiger partial charge in [0, 0.05) is 0 Å². The van der Waals surface area contributed by atoms with E-state index in [2.05, 4.69) is 4.99 Å². The van der Waals surface area contributed by atoms with E-state index < -0.39 is 12.0 Å². The summed E-state index contributed by atoms with van der Waals surface area (Å²) in [4.78, 5) is 32.2. The summed E-state index contributed by atoms with van der Waals surface area (Å²) in [5.74, 6) is 1.19. The fraction of sp³-hybridized carbons (Fsp3) is 0.219. The van der Waals surface area contributed by atoms with E-state index in [9.17, 15) is 9.59 Å². The van der Waals surface area contributed by atoms with Gasteiger partial charge in [-0.2, -0.15) is 0 Å². The zero-order valence-electron chi connectivity index (χ0n) is 23.2. The van der Waals surface area contributed by atoms with Crippen LogP contribution >= 0.6 is 11.3 Å². The molecule has 1 aliphatic heterocycles. The molecule has 41 heavy (non-hydrogen) atoms. The minimum absolute atomic E-state index is 0.196. The van der Waals surface area contributed by atoms with Crippen molar-refractivity contribution in [2.24, 2.45) is 4.99 Å². The number of hydrogen-bond donors (Lipinski definition) is 0. The number of carbonyl (C=O) groups is 1. The van der Waals surface area contributed by atoms with Gasteiger partial charge in [0.1, 0.15) is 12.4 Å². The fourth-order valence-corrected chi connectivity index (χ4v) is 5.76. The second-order valence-electron chi connectivity index (χ2n) is 9.26. The molecule has 0 aliphatic carbocycles. The topological polar surface area (TPSA) is 88.4 Å². The predicted octanol–water partition coefficient (Wildman–Crippen LogP) is 4.39. The third-order valence-corrected chi connectivity index (χ3v) is 7.63. The lowest BCUT2D eigenvalue weighted by Crippen LogP contribution is -2.39. The van der Waals surface area contributed by atoms with E-state index in [4.69, 9.17) is 18.9 Å². The molecule has 1 aromatic heterocycles. The van der Waals surface area contributed by atoms with E-state index in [1.165, 1.54) is 18.4 Å². The number of benzene rings is 3. The highest BCUT2D eigenvalue weighted by atomic mass is 32.1. The van der Waals surface area contributed by atoms with Gasteiger partial charge >= 0.3 is 5.97 Å². The first kappa shape index (κ1) is 27.9. The Morgan fingerprint density at radius 1 is 1.00 bits per heavy atom. The number of carbonyl (C=O) groups excluding carboxylic acids is 1. The Kier molecular flexibility index (Phi) is 8.35. The minimum Gasteiger partial charge on any atom is -0.493 e. The Labute approximate surface area is 241 Å². The zero-order valence-corrected chi connectivity index (χ0v) is 24.1. The molecule has 0 saturated heterocycles. The van der Waals surface area contributed by atoms with Crippen LogP contribution in [0.2, 0.25) is 0 Å². The van der Waals surface area contributed by atoms with Crippen LogP contribution in [0.1, 0.15) is 36.6 Å². The van der Waals surface area contributed by atoms with Crippen molar-refractivity contribution in [3.05, 3.63) is 120 Å². The maximum Gasteiger partial charge on any atom is 0.338 e. The Morgan fingerprint density at radius 2 is 1.78 bits per heavy atom. The number of thiazole rings is 1. The summed E-state index contributed by atoms with van der Waals surface area (Å²) >= 11 is 1.26. The Morgan fingerprint density at radius 3 is 2.51 bits per heavy atom. The molecule has 0 spiro atoms. The number of hydrogen-bond acceptors (Lipinski definition) is 8. The molecular weight excluding hydrogens is 540 g/mol. The summed E-state index contributed by atoms with van der Waals surface area (Å²) in [6.45, 7) is 4.13. The molecule has 0 fully saturated rings. The molecule has 1 aliphatic rings. The van der Waals surface area contributed by atoms with Gasteiger partial charge in [-0.3, -0.25) is 9.36 Å². The van der Waals surface area contributed by atoms with Crippen LogP contribution < -0.4 is 29.1 Å². The van der Waals surface area contributed by atoms with Crippen molar-refractivity contribution >= 4 is 23.4 Å². The lowest BCUT2D eigenvalue weighted by molar-refractivity contribution is -0.139. The molecule has 0 saturated carbocycles. The summed E-state index contributed by atoms with van der Waals surface area (Å²) in [7, 11) is 3.09. The van der Waals surface area contributed by atoms with Crippen molar-refractivity contribution in [1.29, 1.82) is 0 Å². The molecule has 9 heteroatoms. The van der Waals surface area contributed by atoms with E-state index in [1.54, 1.807) is 37.7 Å². The molecule has 2 heterocycles. The molecule has 1 atom stereocenters. The van der Waals surface area contributed by atoms with Crippen molar-refractivity contribution in [3.8, 4) is 17.2 Å². The van der Waals surface area contributed by atoms with Gasteiger partial charge in [-0.05, 0) is 60.9 Å². The van der Waals surface area contributed by atoms with Crippen LogP contribution in [0.3, 0.4) is 0 Å². The number of ether oxygens (including phenoxy) is 4. The SMILES string of the molecule is CCOC(=O)C1=C(C)N=c2s/c(=C\c3cccc(OCc4ccccc4)c3)c(=O)n2[C@H]1c1ccc(OC)c(OC)c1.